The van der Waals surface area contributed by atoms with Crippen LogP contribution in [0.5, 0.6) is 0 Å². The molecule has 0 saturated carbocycles. The van der Waals surface area contributed by atoms with Crippen LogP contribution in [0, 0.1) is 12.3 Å². The molecule has 6 heteroatoms. The lowest BCUT2D eigenvalue weighted by molar-refractivity contribution is -0.139. The van der Waals surface area contributed by atoms with Crippen molar-refractivity contribution in [1.29, 1.82) is 0 Å². The monoisotopic (exact) mass is 372 g/mol. The Labute approximate surface area is 160 Å². The lowest BCUT2D eigenvalue weighted by Gasteiger charge is -2.38. The first kappa shape index (κ1) is 18.6. The van der Waals surface area contributed by atoms with E-state index in [0.29, 0.717) is 18.1 Å². The quantitative estimate of drug-likeness (QED) is 0.804. The summed E-state index contributed by atoms with van der Waals surface area (Å²) in [6, 6.07) is 5.94. The van der Waals surface area contributed by atoms with Gasteiger partial charge in [0.05, 0.1) is 10.7 Å². The molecule has 138 valence electrons. The Morgan fingerprint density at radius 1 is 1.15 bits per heavy atom. The van der Waals surface area contributed by atoms with Crippen molar-refractivity contribution >= 4 is 23.3 Å². The van der Waals surface area contributed by atoms with Crippen molar-refractivity contribution in [2.75, 3.05) is 31.1 Å². The molecule has 0 aliphatic carbocycles. The number of rotatable bonds is 2. The zero-order valence-electron chi connectivity index (χ0n) is 15.8. The maximum Gasteiger partial charge on any atom is 0.228 e. The molecule has 26 heavy (non-hydrogen) atoms. The van der Waals surface area contributed by atoms with Crippen molar-refractivity contribution in [3.05, 3.63) is 41.2 Å². The Morgan fingerprint density at radius 2 is 1.85 bits per heavy atom. The number of halogens is 1. The summed E-state index contributed by atoms with van der Waals surface area (Å²) in [6.45, 7) is 10.8. The molecular weight excluding hydrogens is 348 g/mol. The predicted octanol–water partition coefficient (Wildman–Crippen LogP) is 3.80. The molecule has 3 heterocycles. The van der Waals surface area contributed by atoms with Crippen molar-refractivity contribution in [3.8, 4) is 11.3 Å². The first-order chi connectivity index (χ1) is 12.3. The fourth-order valence-electron chi connectivity index (χ4n) is 3.16. The van der Waals surface area contributed by atoms with Crippen LogP contribution in [0.2, 0.25) is 5.02 Å². The van der Waals surface area contributed by atoms with E-state index in [4.69, 9.17) is 11.6 Å². The summed E-state index contributed by atoms with van der Waals surface area (Å²) in [5, 5.41) is 0.595. The van der Waals surface area contributed by atoms with E-state index in [1.807, 2.05) is 50.8 Å². The van der Waals surface area contributed by atoms with Crippen LogP contribution in [-0.4, -0.2) is 47.0 Å². The molecule has 0 unspecified atom stereocenters. The normalized spacial score (nSPS) is 15.3. The fourth-order valence-corrected chi connectivity index (χ4v) is 3.36. The third-order valence-corrected chi connectivity index (χ3v) is 4.94. The van der Waals surface area contributed by atoms with Crippen LogP contribution in [0.15, 0.2) is 30.6 Å². The molecule has 0 aromatic carbocycles. The average Bonchev–Trinajstić information content (AvgIpc) is 2.62. The molecule has 1 aliphatic rings. The van der Waals surface area contributed by atoms with E-state index in [2.05, 4.69) is 14.9 Å². The van der Waals surface area contributed by atoms with Gasteiger partial charge in [-0.3, -0.25) is 9.78 Å². The second kappa shape index (κ2) is 7.23. The topological polar surface area (TPSA) is 49.3 Å². The van der Waals surface area contributed by atoms with Gasteiger partial charge in [0.25, 0.3) is 0 Å². The molecule has 2 aromatic rings. The maximum atomic E-state index is 12.5. The van der Waals surface area contributed by atoms with Gasteiger partial charge in [-0.1, -0.05) is 38.4 Å². The molecule has 0 radical (unpaired) electrons. The number of aromatic nitrogens is 2. The highest BCUT2D eigenvalue weighted by atomic mass is 35.5. The predicted molar refractivity (Wildman–Crippen MR) is 105 cm³/mol. The minimum atomic E-state index is -0.343. The third-order valence-electron chi connectivity index (χ3n) is 4.64. The standard InChI is InChI=1S/C20H25ClN4O/c1-14-6-5-7-22-18(14)15-12-17(23-13-16(15)21)24-8-10-25(11-9-24)19(26)20(2,3)4/h5-7,12-13H,8-11H2,1-4H3. The van der Waals surface area contributed by atoms with Crippen molar-refractivity contribution in [2.45, 2.75) is 27.7 Å². The van der Waals surface area contributed by atoms with Gasteiger partial charge >= 0.3 is 0 Å². The Kier molecular flexibility index (Phi) is 5.19. The van der Waals surface area contributed by atoms with Gasteiger partial charge in [0.15, 0.2) is 0 Å². The van der Waals surface area contributed by atoms with E-state index in [0.717, 1.165) is 35.7 Å². The molecular formula is C20H25ClN4O. The smallest absolute Gasteiger partial charge is 0.228 e. The van der Waals surface area contributed by atoms with Crippen LogP contribution < -0.4 is 4.90 Å². The summed E-state index contributed by atoms with van der Waals surface area (Å²) in [7, 11) is 0. The Balaban J connectivity index is 1.79. The lowest BCUT2D eigenvalue weighted by Crippen LogP contribution is -2.51. The summed E-state index contributed by atoms with van der Waals surface area (Å²) < 4.78 is 0. The highest BCUT2D eigenvalue weighted by Gasteiger charge is 2.30. The number of piperazine rings is 1. The Hall–Kier alpha value is -2.14. The summed E-state index contributed by atoms with van der Waals surface area (Å²) in [6.07, 6.45) is 3.46. The number of hydrogen-bond acceptors (Lipinski definition) is 4. The lowest BCUT2D eigenvalue weighted by atomic mass is 9.94. The first-order valence-electron chi connectivity index (χ1n) is 8.89. The number of carbonyl (C=O) groups excluding carboxylic acids is 1. The van der Waals surface area contributed by atoms with E-state index >= 15 is 0 Å². The number of aryl methyl sites for hydroxylation is 1. The highest BCUT2D eigenvalue weighted by molar-refractivity contribution is 6.33. The second-order valence-corrected chi connectivity index (χ2v) is 8.13. The third kappa shape index (κ3) is 3.83. The van der Waals surface area contributed by atoms with Crippen molar-refractivity contribution in [2.24, 2.45) is 5.41 Å². The summed E-state index contributed by atoms with van der Waals surface area (Å²) in [5.74, 6) is 1.07. The average molecular weight is 373 g/mol. The van der Waals surface area contributed by atoms with Crippen LogP contribution >= 0.6 is 11.6 Å². The van der Waals surface area contributed by atoms with E-state index < -0.39 is 0 Å². The van der Waals surface area contributed by atoms with Gasteiger partial charge in [-0.15, -0.1) is 0 Å². The van der Waals surface area contributed by atoms with Gasteiger partial charge in [0, 0.05) is 49.6 Å². The minimum absolute atomic E-state index is 0.200. The molecule has 3 rings (SSSR count). The number of hydrogen-bond donors (Lipinski definition) is 0. The SMILES string of the molecule is Cc1cccnc1-c1cc(N2CCN(C(=O)C(C)(C)C)CC2)ncc1Cl. The van der Waals surface area contributed by atoms with E-state index in [1.165, 1.54) is 0 Å². The zero-order chi connectivity index (χ0) is 18.9. The van der Waals surface area contributed by atoms with Crippen molar-refractivity contribution in [1.82, 2.24) is 14.9 Å². The molecule has 0 N–H and O–H groups in total. The van der Waals surface area contributed by atoms with Gasteiger partial charge < -0.3 is 9.80 Å². The molecule has 1 saturated heterocycles. The van der Waals surface area contributed by atoms with Gasteiger partial charge in [-0.2, -0.15) is 0 Å². The molecule has 0 spiro atoms. The van der Waals surface area contributed by atoms with Gasteiger partial charge in [0.2, 0.25) is 5.91 Å². The number of carbonyl (C=O) groups is 1. The summed E-state index contributed by atoms with van der Waals surface area (Å²) in [4.78, 5) is 25.6. The number of pyridine rings is 2. The highest BCUT2D eigenvalue weighted by Crippen LogP contribution is 2.31. The second-order valence-electron chi connectivity index (χ2n) is 7.72. The molecule has 5 nitrogen and oxygen atoms in total. The van der Waals surface area contributed by atoms with E-state index in [9.17, 15) is 4.79 Å². The molecule has 1 aliphatic heterocycles. The molecule has 0 atom stereocenters. The van der Waals surface area contributed by atoms with E-state index in [1.54, 1.807) is 12.4 Å². The molecule has 1 fully saturated rings. The van der Waals surface area contributed by atoms with Gasteiger partial charge in [-0.05, 0) is 24.6 Å². The van der Waals surface area contributed by atoms with Gasteiger partial charge in [0.1, 0.15) is 5.82 Å². The largest absolute Gasteiger partial charge is 0.353 e. The van der Waals surface area contributed by atoms with Gasteiger partial charge in [-0.25, -0.2) is 4.98 Å². The Bertz CT molecular complexity index is 808. The minimum Gasteiger partial charge on any atom is -0.353 e. The summed E-state index contributed by atoms with van der Waals surface area (Å²) in [5.41, 5.74) is 2.50. The Morgan fingerprint density at radius 3 is 2.46 bits per heavy atom. The molecule has 2 aromatic heterocycles. The van der Waals surface area contributed by atoms with Crippen LogP contribution in [-0.2, 0) is 4.79 Å². The van der Waals surface area contributed by atoms with Crippen LogP contribution in [0.3, 0.4) is 0 Å². The zero-order valence-corrected chi connectivity index (χ0v) is 16.5. The van der Waals surface area contributed by atoms with Crippen LogP contribution in [0.25, 0.3) is 11.3 Å². The molecule has 0 bridgehead atoms. The number of amides is 1. The van der Waals surface area contributed by atoms with Crippen molar-refractivity contribution in [3.63, 3.8) is 0 Å². The fraction of sp³-hybridized carbons (Fsp3) is 0.450. The van der Waals surface area contributed by atoms with Crippen LogP contribution in [0.4, 0.5) is 5.82 Å². The summed E-state index contributed by atoms with van der Waals surface area (Å²) >= 11 is 6.38. The first-order valence-corrected chi connectivity index (χ1v) is 9.27. The number of anilines is 1. The number of nitrogens with zero attached hydrogens (tertiary/aromatic N) is 4. The van der Waals surface area contributed by atoms with Crippen LogP contribution in [0.1, 0.15) is 26.3 Å². The van der Waals surface area contributed by atoms with Crippen molar-refractivity contribution < 1.29 is 4.79 Å². The maximum absolute atomic E-state index is 12.5. The van der Waals surface area contributed by atoms with E-state index in [-0.39, 0.29) is 11.3 Å². The molecule has 1 amide bonds.